The molecule has 0 fully saturated rings. The van der Waals surface area contributed by atoms with E-state index in [1.54, 1.807) is 32.1 Å². The van der Waals surface area contributed by atoms with Crippen LogP contribution in [0.25, 0.3) is 5.00 Å². The third kappa shape index (κ3) is 7.32. The van der Waals surface area contributed by atoms with Gasteiger partial charge in [0.1, 0.15) is 23.8 Å². The number of nitrogens with one attached hydrogen (secondary N) is 1. The fraction of sp³-hybridized carbons (Fsp3) is 0.344. The Hall–Kier alpha value is -4.02. The first-order valence-corrected chi connectivity index (χ1v) is 15.4. The number of hydrogen-bond donors (Lipinski definition) is 1. The van der Waals surface area contributed by atoms with Crippen LogP contribution in [0.4, 0.5) is 4.79 Å². The molecule has 0 aliphatic carbocycles. The molecule has 1 aliphatic rings. The Bertz CT molecular complexity index is 1640. The van der Waals surface area contributed by atoms with E-state index in [2.05, 4.69) is 28.5 Å². The van der Waals surface area contributed by atoms with Crippen molar-refractivity contribution < 1.29 is 19.1 Å². The second-order valence-electron chi connectivity index (χ2n) is 11.1. The van der Waals surface area contributed by atoms with Crippen LogP contribution in [0.1, 0.15) is 79.8 Å². The van der Waals surface area contributed by atoms with Crippen LogP contribution in [0.15, 0.2) is 65.7 Å². The summed E-state index contributed by atoms with van der Waals surface area (Å²) in [5.41, 5.74) is 2.70. The Morgan fingerprint density at radius 3 is 2.53 bits per heavy atom. The van der Waals surface area contributed by atoms with Gasteiger partial charge in [0.15, 0.2) is 11.6 Å². The average molecular weight is 620 g/mol. The first-order valence-electron chi connectivity index (χ1n) is 14.2. The molecule has 0 bridgehead atoms. The third-order valence-corrected chi connectivity index (χ3v) is 8.31. The van der Waals surface area contributed by atoms with E-state index in [-0.39, 0.29) is 32.0 Å². The van der Waals surface area contributed by atoms with Crippen LogP contribution in [0.5, 0.6) is 0 Å². The predicted octanol–water partition coefficient (Wildman–Crippen LogP) is 6.99. The van der Waals surface area contributed by atoms with E-state index in [9.17, 15) is 9.59 Å². The number of rotatable bonds is 9. The molecule has 1 N–H and O–H groups in total. The summed E-state index contributed by atoms with van der Waals surface area (Å²) in [6, 6.07) is 18.5. The number of ether oxygens (including phenoxy) is 2. The molecule has 5 rings (SSSR count). The van der Waals surface area contributed by atoms with Crippen molar-refractivity contribution in [2.45, 2.75) is 71.8 Å². The van der Waals surface area contributed by atoms with Gasteiger partial charge in [-0.2, -0.15) is 0 Å². The maximum atomic E-state index is 13.0. The maximum absolute atomic E-state index is 13.0. The van der Waals surface area contributed by atoms with Crippen LogP contribution in [0.3, 0.4) is 0 Å². The molecule has 0 saturated heterocycles. The molecule has 224 valence electrons. The van der Waals surface area contributed by atoms with Crippen LogP contribution < -0.4 is 5.32 Å². The molecule has 0 unspecified atom stereocenters. The number of aromatic nitrogens is 3. The lowest BCUT2D eigenvalue weighted by Crippen LogP contribution is -2.36. The highest BCUT2D eigenvalue weighted by Gasteiger charge is 2.31. The van der Waals surface area contributed by atoms with Crippen LogP contribution >= 0.6 is 22.9 Å². The van der Waals surface area contributed by atoms with Crippen LogP contribution in [0, 0.1) is 0 Å². The van der Waals surface area contributed by atoms with Crippen molar-refractivity contribution >= 4 is 40.7 Å². The number of hydrogen-bond acceptors (Lipinski definition) is 8. The number of fused-ring (bicyclic) bond motifs is 3. The molecule has 1 amide bonds. The Morgan fingerprint density at radius 2 is 1.81 bits per heavy atom. The average Bonchev–Trinajstić information content (AvgIpc) is 3.55. The maximum Gasteiger partial charge on any atom is 0.408 e. The van der Waals surface area contributed by atoms with Gasteiger partial charge in [0.25, 0.3) is 0 Å². The van der Waals surface area contributed by atoms with Crippen molar-refractivity contribution in [2.75, 3.05) is 0 Å². The summed E-state index contributed by atoms with van der Waals surface area (Å²) < 4.78 is 13.0. The largest absolute Gasteiger partial charge is 0.461 e. The number of nitrogens with zero attached hydrogens (tertiary/aromatic N) is 4. The zero-order valence-electron chi connectivity index (χ0n) is 24.6. The zero-order valence-corrected chi connectivity index (χ0v) is 26.2. The summed E-state index contributed by atoms with van der Waals surface area (Å²) in [5, 5.41) is 13.4. The van der Waals surface area contributed by atoms with E-state index in [1.807, 2.05) is 59.2 Å². The van der Waals surface area contributed by atoms with Gasteiger partial charge in [-0.1, -0.05) is 67.1 Å². The molecular weight excluding hydrogens is 586 g/mol. The van der Waals surface area contributed by atoms with Crippen LogP contribution in [0.2, 0.25) is 5.02 Å². The Balaban J connectivity index is 1.47. The minimum atomic E-state index is -0.709. The minimum Gasteiger partial charge on any atom is -0.461 e. The highest BCUT2D eigenvalue weighted by Crippen LogP contribution is 2.36. The van der Waals surface area contributed by atoms with E-state index in [0.29, 0.717) is 16.7 Å². The van der Waals surface area contributed by atoms with Gasteiger partial charge < -0.3 is 14.8 Å². The van der Waals surface area contributed by atoms with Gasteiger partial charge in [-0.25, -0.2) is 4.79 Å². The third-order valence-electron chi connectivity index (χ3n) is 6.72. The lowest BCUT2D eigenvalue weighted by molar-refractivity contribution is -0.145. The Morgan fingerprint density at radius 1 is 1.07 bits per heavy atom. The molecule has 0 spiro atoms. The molecule has 1 atom stereocenters. The fourth-order valence-electron chi connectivity index (χ4n) is 4.73. The summed E-state index contributed by atoms with van der Waals surface area (Å²) in [6.45, 7) is 7.91. The summed E-state index contributed by atoms with van der Waals surface area (Å²) >= 11 is 8.23. The number of carbonyl (C=O) groups excluding carboxylic acids is 2. The van der Waals surface area contributed by atoms with Gasteiger partial charge in [0.05, 0.1) is 11.8 Å². The van der Waals surface area contributed by atoms with E-state index >= 15 is 0 Å². The standard InChI is InChI=1S/C32H34ClN5O4S/c1-5-21-17-23-28(22-13-9-10-14-24(22)33)34-18-26-36-37-29(38(26)30(23)43-21)25(35-31(40)42-32(2,3)4)15-16-27(39)41-19-20-11-7-6-8-12-20/h6-14,17,25H,5,15-16,18-19H2,1-4H3,(H,35,40)/t25-/m1/s1. The molecular formula is C32H34ClN5O4S. The lowest BCUT2D eigenvalue weighted by atomic mass is 10.0. The Kier molecular flexibility index (Phi) is 9.27. The molecule has 0 saturated carbocycles. The summed E-state index contributed by atoms with van der Waals surface area (Å²) in [7, 11) is 0. The Labute approximate surface area is 259 Å². The van der Waals surface area contributed by atoms with Gasteiger partial charge >= 0.3 is 12.1 Å². The monoisotopic (exact) mass is 619 g/mol. The van der Waals surface area contributed by atoms with Crippen molar-refractivity contribution in [1.29, 1.82) is 0 Å². The second kappa shape index (κ2) is 13.1. The van der Waals surface area contributed by atoms with E-state index in [0.717, 1.165) is 38.7 Å². The summed E-state index contributed by atoms with van der Waals surface area (Å²) in [6.07, 6.45) is 0.487. The van der Waals surface area contributed by atoms with Crippen molar-refractivity contribution in [2.24, 2.45) is 4.99 Å². The van der Waals surface area contributed by atoms with Crippen molar-refractivity contribution in [1.82, 2.24) is 20.1 Å². The SMILES string of the molecule is CCc1cc2c(s1)-n1c(nnc1[C@@H](CCC(=O)OCc1ccccc1)NC(=O)OC(C)(C)C)CN=C2c1ccccc1Cl. The fourth-order valence-corrected chi connectivity index (χ4v) is 6.08. The van der Waals surface area contributed by atoms with Crippen molar-refractivity contribution in [3.05, 3.63) is 98.9 Å². The van der Waals surface area contributed by atoms with Gasteiger partial charge in [0.2, 0.25) is 0 Å². The number of benzene rings is 2. The highest BCUT2D eigenvalue weighted by atomic mass is 35.5. The number of halogens is 1. The number of aliphatic imine (C=N–C) groups is 1. The molecule has 3 heterocycles. The highest BCUT2D eigenvalue weighted by molar-refractivity contribution is 7.15. The van der Waals surface area contributed by atoms with Gasteiger partial charge in [0, 0.05) is 27.4 Å². The minimum absolute atomic E-state index is 0.0500. The summed E-state index contributed by atoms with van der Waals surface area (Å²) in [4.78, 5) is 31.8. The van der Waals surface area contributed by atoms with E-state index in [1.165, 1.54) is 0 Å². The molecule has 2 aromatic heterocycles. The van der Waals surface area contributed by atoms with Gasteiger partial charge in [-0.3, -0.25) is 14.4 Å². The smallest absolute Gasteiger partial charge is 0.408 e. The van der Waals surface area contributed by atoms with Crippen molar-refractivity contribution in [3.8, 4) is 5.00 Å². The summed E-state index contributed by atoms with van der Waals surface area (Å²) in [5.74, 6) is 0.716. The van der Waals surface area contributed by atoms with Gasteiger partial charge in [-0.05, 0) is 51.3 Å². The quantitative estimate of drug-likeness (QED) is 0.202. The second-order valence-corrected chi connectivity index (χ2v) is 12.6. The first-order chi connectivity index (χ1) is 20.6. The molecule has 1 aliphatic heterocycles. The molecule has 0 radical (unpaired) electrons. The van der Waals surface area contributed by atoms with E-state index < -0.39 is 17.7 Å². The van der Waals surface area contributed by atoms with Crippen molar-refractivity contribution in [3.63, 3.8) is 0 Å². The molecule has 4 aromatic rings. The zero-order chi connectivity index (χ0) is 30.6. The molecule has 11 heteroatoms. The number of alkyl carbamates (subject to hydrolysis) is 1. The van der Waals surface area contributed by atoms with E-state index in [4.69, 9.17) is 26.1 Å². The molecule has 9 nitrogen and oxygen atoms in total. The predicted molar refractivity (Wildman–Crippen MR) is 167 cm³/mol. The normalized spacial score (nSPS) is 13.3. The number of thiophene rings is 1. The number of aryl methyl sites for hydroxylation is 1. The van der Waals surface area contributed by atoms with Crippen LogP contribution in [-0.2, 0) is 33.8 Å². The van der Waals surface area contributed by atoms with Crippen LogP contribution in [-0.4, -0.2) is 38.1 Å². The first kappa shape index (κ1) is 30.4. The molecule has 2 aromatic carbocycles. The van der Waals surface area contributed by atoms with Gasteiger partial charge in [-0.15, -0.1) is 21.5 Å². The molecule has 43 heavy (non-hydrogen) atoms. The lowest BCUT2D eigenvalue weighted by Gasteiger charge is -2.23. The number of carbonyl (C=O) groups is 2. The number of esters is 1. The number of amides is 1. The topological polar surface area (TPSA) is 108 Å².